The van der Waals surface area contributed by atoms with E-state index in [0.717, 1.165) is 52.2 Å². The van der Waals surface area contributed by atoms with Crippen molar-refractivity contribution in [2.45, 2.75) is 69.5 Å². The van der Waals surface area contributed by atoms with Crippen LogP contribution in [0.4, 0.5) is 5.69 Å². The molecule has 0 spiro atoms. The van der Waals surface area contributed by atoms with Crippen molar-refractivity contribution < 1.29 is 22.7 Å². The number of amides is 2. The first-order valence-corrected chi connectivity index (χ1v) is 18.0. The normalized spacial score (nSPS) is 13.9. The molecule has 1 aliphatic rings. The molecule has 0 unspecified atom stereocenters. The standard InChI is InChI=1S/C38H42ClN3O5S/c1-27-13-17-30(18-14-27)25-41(35(23-29-9-5-4-6-10-29)38(44)40-32-11-7-8-12-32)37(43)26-42(34-24-31(39)19-22-36(34)47-3)48(45,46)33-20-15-28(2)16-21-33/h4-6,9-10,13-22,24,32,35H,7-8,11-12,23,25-26H2,1-3H3,(H,40,44)/t35-/m1/s1. The number of aryl methyl sites for hydroxylation is 2. The SMILES string of the molecule is COc1ccc(Cl)cc1N(CC(=O)N(Cc1ccc(C)cc1)[C@H](Cc1ccccc1)C(=O)NC1CCCC1)S(=O)(=O)c1ccc(C)cc1. The van der Waals surface area contributed by atoms with E-state index in [1.165, 1.54) is 30.2 Å². The lowest BCUT2D eigenvalue weighted by molar-refractivity contribution is -0.140. The summed E-state index contributed by atoms with van der Waals surface area (Å²) in [5.74, 6) is -0.580. The van der Waals surface area contributed by atoms with Gasteiger partial charge in [0.15, 0.2) is 0 Å². The molecule has 0 radical (unpaired) electrons. The van der Waals surface area contributed by atoms with E-state index in [9.17, 15) is 18.0 Å². The van der Waals surface area contributed by atoms with Gasteiger partial charge in [-0.3, -0.25) is 13.9 Å². The predicted molar refractivity (Wildman–Crippen MR) is 190 cm³/mol. The average molecular weight is 688 g/mol. The average Bonchev–Trinajstić information content (AvgIpc) is 3.59. The Hall–Kier alpha value is -4.34. The van der Waals surface area contributed by atoms with E-state index in [4.69, 9.17) is 16.3 Å². The molecule has 10 heteroatoms. The van der Waals surface area contributed by atoms with Gasteiger partial charge in [0.1, 0.15) is 18.3 Å². The Morgan fingerprint density at radius 1 is 0.875 bits per heavy atom. The molecule has 1 aliphatic carbocycles. The summed E-state index contributed by atoms with van der Waals surface area (Å²) in [7, 11) is -2.88. The van der Waals surface area contributed by atoms with Gasteiger partial charge in [0.05, 0.1) is 17.7 Å². The first-order valence-electron chi connectivity index (χ1n) is 16.2. The van der Waals surface area contributed by atoms with Crippen LogP contribution in [0.5, 0.6) is 5.75 Å². The number of anilines is 1. The molecule has 1 atom stereocenters. The first kappa shape index (κ1) is 35.0. The van der Waals surface area contributed by atoms with Gasteiger partial charge in [0.25, 0.3) is 10.0 Å². The zero-order valence-corrected chi connectivity index (χ0v) is 29.1. The van der Waals surface area contributed by atoms with Crippen LogP contribution in [0.1, 0.15) is 47.9 Å². The van der Waals surface area contributed by atoms with Crippen molar-refractivity contribution in [2.75, 3.05) is 18.0 Å². The zero-order valence-electron chi connectivity index (χ0n) is 27.6. The summed E-state index contributed by atoms with van der Waals surface area (Å²) in [6.07, 6.45) is 4.09. The molecule has 0 heterocycles. The maximum Gasteiger partial charge on any atom is 0.264 e. The van der Waals surface area contributed by atoms with Gasteiger partial charge in [-0.2, -0.15) is 0 Å². The van der Waals surface area contributed by atoms with Crippen LogP contribution >= 0.6 is 11.6 Å². The third-order valence-corrected chi connectivity index (χ3v) is 10.8. The number of carbonyl (C=O) groups is 2. The summed E-state index contributed by atoms with van der Waals surface area (Å²) in [4.78, 5) is 30.4. The third kappa shape index (κ3) is 8.57. The van der Waals surface area contributed by atoms with Crippen LogP contribution < -0.4 is 14.4 Å². The van der Waals surface area contributed by atoms with Gasteiger partial charge in [-0.25, -0.2) is 8.42 Å². The van der Waals surface area contributed by atoms with Crippen molar-refractivity contribution in [3.63, 3.8) is 0 Å². The van der Waals surface area contributed by atoms with Gasteiger partial charge < -0.3 is 15.0 Å². The molecule has 0 aromatic heterocycles. The van der Waals surface area contributed by atoms with Crippen molar-refractivity contribution in [2.24, 2.45) is 0 Å². The Kier molecular flexibility index (Phi) is 11.4. The Bertz CT molecular complexity index is 1810. The molecular weight excluding hydrogens is 646 g/mol. The van der Waals surface area contributed by atoms with Crippen molar-refractivity contribution >= 4 is 39.1 Å². The van der Waals surface area contributed by atoms with Crippen LogP contribution in [0.15, 0.2) is 102 Å². The first-order chi connectivity index (χ1) is 23.0. The van der Waals surface area contributed by atoms with Crippen LogP contribution in [0.25, 0.3) is 0 Å². The van der Waals surface area contributed by atoms with Gasteiger partial charge in [0, 0.05) is 24.0 Å². The monoisotopic (exact) mass is 687 g/mol. The van der Waals surface area contributed by atoms with E-state index in [1.54, 1.807) is 24.3 Å². The Morgan fingerprint density at radius 3 is 2.12 bits per heavy atom. The molecule has 1 saturated carbocycles. The number of hydrogen-bond acceptors (Lipinski definition) is 5. The summed E-state index contributed by atoms with van der Waals surface area (Å²) < 4.78 is 35.4. The molecule has 1 N–H and O–H groups in total. The second-order valence-electron chi connectivity index (χ2n) is 12.3. The molecule has 0 bridgehead atoms. The second-order valence-corrected chi connectivity index (χ2v) is 14.6. The Labute approximate surface area is 288 Å². The molecular formula is C38H42ClN3O5S. The number of nitrogens with one attached hydrogen (secondary N) is 1. The van der Waals surface area contributed by atoms with Gasteiger partial charge in [-0.15, -0.1) is 0 Å². The third-order valence-electron chi connectivity index (χ3n) is 8.74. The summed E-state index contributed by atoms with van der Waals surface area (Å²) in [6, 6.07) is 27.5. The van der Waals surface area contributed by atoms with Crippen molar-refractivity contribution in [1.29, 1.82) is 0 Å². The summed E-state index contributed by atoms with van der Waals surface area (Å²) in [5, 5.41) is 3.47. The fourth-order valence-corrected chi connectivity index (χ4v) is 7.60. The van der Waals surface area contributed by atoms with Crippen molar-refractivity contribution in [3.8, 4) is 5.75 Å². The lowest BCUT2D eigenvalue weighted by Crippen LogP contribution is -2.54. The maximum atomic E-state index is 14.8. The van der Waals surface area contributed by atoms with E-state index in [1.807, 2.05) is 68.4 Å². The predicted octanol–water partition coefficient (Wildman–Crippen LogP) is 6.86. The van der Waals surface area contributed by atoms with E-state index >= 15 is 0 Å². The minimum Gasteiger partial charge on any atom is -0.495 e. The number of hydrogen-bond donors (Lipinski definition) is 1. The number of methoxy groups -OCH3 is 1. The summed E-state index contributed by atoms with van der Waals surface area (Å²) >= 11 is 6.39. The van der Waals surface area contributed by atoms with Crippen molar-refractivity contribution in [1.82, 2.24) is 10.2 Å². The van der Waals surface area contributed by atoms with Crippen LogP contribution in [-0.4, -0.2) is 50.9 Å². The Balaban J connectivity index is 1.60. The molecule has 5 rings (SSSR count). The van der Waals surface area contributed by atoms with Crippen LogP contribution in [0.2, 0.25) is 5.02 Å². The number of benzene rings is 4. The maximum absolute atomic E-state index is 14.8. The highest BCUT2D eigenvalue weighted by atomic mass is 35.5. The number of sulfonamides is 1. The second kappa shape index (κ2) is 15.7. The highest BCUT2D eigenvalue weighted by Crippen LogP contribution is 2.35. The molecule has 0 saturated heterocycles. The number of ether oxygens (including phenoxy) is 1. The lowest BCUT2D eigenvalue weighted by atomic mass is 10.0. The van der Waals surface area contributed by atoms with Gasteiger partial charge in [-0.1, -0.05) is 102 Å². The Morgan fingerprint density at radius 2 is 1.50 bits per heavy atom. The largest absolute Gasteiger partial charge is 0.495 e. The summed E-state index contributed by atoms with van der Waals surface area (Å²) in [6.45, 7) is 3.34. The van der Waals surface area contributed by atoms with E-state index in [2.05, 4.69) is 5.32 Å². The molecule has 2 amide bonds. The highest BCUT2D eigenvalue weighted by molar-refractivity contribution is 7.92. The smallest absolute Gasteiger partial charge is 0.264 e. The van der Waals surface area contributed by atoms with Gasteiger partial charge in [0.2, 0.25) is 11.8 Å². The fourth-order valence-electron chi connectivity index (χ4n) is 6.02. The molecule has 252 valence electrons. The fraction of sp³-hybridized carbons (Fsp3) is 0.316. The molecule has 0 aliphatic heterocycles. The van der Waals surface area contributed by atoms with E-state index in [0.29, 0.717) is 0 Å². The summed E-state index contributed by atoms with van der Waals surface area (Å²) in [5.41, 5.74) is 3.75. The van der Waals surface area contributed by atoms with E-state index < -0.39 is 28.5 Å². The zero-order chi connectivity index (χ0) is 34.3. The molecule has 48 heavy (non-hydrogen) atoms. The topological polar surface area (TPSA) is 96.0 Å². The number of halogens is 1. The molecule has 4 aromatic rings. The number of carbonyl (C=O) groups excluding carboxylic acids is 2. The minimum atomic E-state index is -4.30. The lowest BCUT2D eigenvalue weighted by Gasteiger charge is -2.34. The van der Waals surface area contributed by atoms with Crippen LogP contribution in [-0.2, 0) is 32.6 Å². The minimum absolute atomic E-state index is 0.00725. The molecule has 1 fully saturated rings. The molecule has 4 aromatic carbocycles. The quantitative estimate of drug-likeness (QED) is 0.166. The van der Waals surface area contributed by atoms with Crippen LogP contribution in [0, 0.1) is 13.8 Å². The molecule has 8 nitrogen and oxygen atoms in total. The van der Waals surface area contributed by atoms with Crippen LogP contribution in [0.3, 0.4) is 0 Å². The number of rotatable bonds is 13. The van der Waals surface area contributed by atoms with E-state index in [-0.39, 0.29) is 46.3 Å². The van der Waals surface area contributed by atoms with Gasteiger partial charge in [-0.05, 0) is 68.1 Å². The highest BCUT2D eigenvalue weighted by Gasteiger charge is 2.36. The van der Waals surface area contributed by atoms with Gasteiger partial charge >= 0.3 is 0 Å². The van der Waals surface area contributed by atoms with Crippen molar-refractivity contribution in [3.05, 3.63) is 124 Å². The number of nitrogens with zero attached hydrogens (tertiary/aromatic N) is 2.